The third kappa shape index (κ3) is 4.67. The fourth-order valence-electron chi connectivity index (χ4n) is 4.39. The van der Waals surface area contributed by atoms with E-state index in [1.165, 1.54) is 28.8 Å². The van der Waals surface area contributed by atoms with Crippen molar-refractivity contribution in [1.29, 1.82) is 5.26 Å². The Hall–Kier alpha value is -4.00. The van der Waals surface area contributed by atoms with E-state index in [0.717, 1.165) is 36.1 Å². The molecule has 0 N–H and O–H groups in total. The zero-order valence-electron chi connectivity index (χ0n) is 19.8. The van der Waals surface area contributed by atoms with E-state index in [2.05, 4.69) is 23.3 Å². The van der Waals surface area contributed by atoms with Gasteiger partial charge >= 0.3 is 0 Å². The molecule has 4 aromatic rings. The molecule has 9 heteroatoms. The van der Waals surface area contributed by atoms with Crippen LogP contribution in [-0.4, -0.2) is 51.8 Å². The van der Waals surface area contributed by atoms with Crippen LogP contribution in [0, 0.1) is 21.4 Å². The maximum absolute atomic E-state index is 13.3. The molecular formula is C26H27N5O4. The zero-order valence-corrected chi connectivity index (χ0v) is 19.8. The minimum absolute atomic E-state index is 0.00219. The molecule has 0 aliphatic heterocycles. The molecule has 180 valence electrons. The average molecular weight is 474 g/mol. The van der Waals surface area contributed by atoms with Crippen molar-refractivity contribution in [2.45, 2.75) is 20.4 Å². The summed E-state index contributed by atoms with van der Waals surface area (Å²) in [5.74, 6) is 0. The number of rotatable bonds is 10. The second-order valence-electron chi connectivity index (χ2n) is 8.13. The molecule has 0 fully saturated rings. The van der Waals surface area contributed by atoms with Gasteiger partial charge in [-0.1, -0.05) is 32.0 Å². The van der Waals surface area contributed by atoms with Gasteiger partial charge in [-0.2, -0.15) is 5.26 Å². The number of aromatic nitrogens is 2. The van der Waals surface area contributed by atoms with Gasteiger partial charge in [-0.05, 0) is 37.4 Å². The van der Waals surface area contributed by atoms with Gasteiger partial charge in [0.1, 0.15) is 11.6 Å². The van der Waals surface area contributed by atoms with Gasteiger partial charge < -0.3 is 14.2 Å². The van der Waals surface area contributed by atoms with E-state index in [0.29, 0.717) is 31.0 Å². The molecule has 2 aromatic heterocycles. The summed E-state index contributed by atoms with van der Waals surface area (Å²) < 4.78 is 9.44. The standard InChI is InChI=1S/C26H27N5O4/c1-3-28(4-2)13-15-35-16-14-29-23-8-6-5-7-22(23)25-24(29)17-19(18-27)26(32)30(25)20-9-11-21(12-10-20)31(33)34/h5-12,17H,3-4,13-16H2,1-2H3. The van der Waals surface area contributed by atoms with Crippen molar-refractivity contribution in [2.75, 3.05) is 32.8 Å². The van der Waals surface area contributed by atoms with Gasteiger partial charge in [0, 0.05) is 36.3 Å². The monoisotopic (exact) mass is 473 g/mol. The third-order valence-corrected chi connectivity index (χ3v) is 6.27. The number of pyridine rings is 1. The number of non-ortho nitro benzene ring substituents is 1. The Kier molecular flexibility index (Phi) is 7.25. The number of nitriles is 1. The van der Waals surface area contributed by atoms with Crippen molar-refractivity contribution in [3.63, 3.8) is 0 Å². The summed E-state index contributed by atoms with van der Waals surface area (Å²) in [4.78, 5) is 26.2. The van der Waals surface area contributed by atoms with Gasteiger partial charge in [0.15, 0.2) is 0 Å². The molecule has 0 unspecified atom stereocenters. The molecule has 0 amide bonds. The predicted molar refractivity (Wildman–Crippen MR) is 135 cm³/mol. The largest absolute Gasteiger partial charge is 0.378 e. The zero-order chi connectivity index (χ0) is 24.9. The molecule has 2 heterocycles. The first-order chi connectivity index (χ1) is 17.0. The number of hydrogen-bond donors (Lipinski definition) is 0. The number of ether oxygens (including phenoxy) is 1. The van der Waals surface area contributed by atoms with Crippen molar-refractivity contribution in [3.8, 4) is 11.8 Å². The lowest BCUT2D eigenvalue weighted by molar-refractivity contribution is -0.384. The number of fused-ring (bicyclic) bond motifs is 3. The summed E-state index contributed by atoms with van der Waals surface area (Å²) in [6.07, 6.45) is 0. The molecule has 0 aliphatic rings. The Balaban J connectivity index is 1.80. The summed E-state index contributed by atoms with van der Waals surface area (Å²) in [7, 11) is 0. The van der Waals surface area contributed by atoms with E-state index in [-0.39, 0.29) is 11.3 Å². The Morgan fingerprint density at radius 3 is 2.43 bits per heavy atom. The fraction of sp³-hybridized carbons (Fsp3) is 0.308. The molecule has 0 bridgehead atoms. The number of benzene rings is 2. The SMILES string of the molecule is CCN(CC)CCOCCn1c2ccccc2c2c1cc(C#N)c(=O)n2-c1ccc([N+](=O)[O-])cc1. The molecule has 0 spiro atoms. The maximum Gasteiger partial charge on any atom is 0.273 e. The van der Waals surface area contributed by atoms with E-state index < -0.39 is 10.5 Å². The van der Waals surface area contributed by atoms with Gasteiger partial charge in [-0.25, -0.2) is 0 Å². The predicted octanol–water partition coefficient (Wildman–Crippen LogP) is 4.08. The van der Waals surface area contributed by atoms with Crippen molar-refractivity contribution in [2.24, 2.45) is 0 Å². The van der Waals surface area contributed by atoms with Crippen LogP contribution in [0.1, 0.15) is 19.4 Å². The van der Waals surface area contributed by atoms with E-state index >= 15 is 0 Å². The van der Waals surface area contributed by atoms with Crippen LogP contribution in [-0.2, 0) is 11.3 Å². The average Bonchev–Trinajstić information content (AvgIpc) is 3.19. The topological polar surface area (TPSA) is 106 Å². The Morgan fingerprint density at radius 2 is 1.77 bits per heavy atom. The lowest BCUT2D eigenvalue weighted by atomic mass is 10.2. The molecule has 0 saturated carbocycles. The van der Waals surface area contributed by atoms with E-state index in [4.69, 9.17) is 4.74 Å². The van der Waals surface area contributed by atoms with E-state index in [1.54, 1.807) is 6.07 Å². The Labute approximate surface area is 202 Å². The number of nitro benzene ring substituents is 1. The Bertz CT molecular complexity index is 1460. The van der Waals surface area contributed by atoms with Gasteiger partial charge in [0.2, 0.25) is 0 Å². The molecule has 9 nitrogen and oxygen atoms in total. The van der Waals surface area contributed by atoms with Crippen molar-refractivity contribution < 1.29 is 9.66 Å². The van der Waals surface area contributed by atoms with Crippen LogP contribution in [0.3, 0.4) is 0 Å². The molecule has 0 saturated heterocycles. The fourth-order valence-corrected chi connectivity index (χ4v) is 4.39. The molecule has 4 rings (SSSR count). The summed E-state index contributed by atoms with van der Waals surface area (Å²) in [6, 6.07) is 17.1. The molecule has 2 aromatic carbocycles. The van der Waals surface area contributed by atoms with Crippen LogP contribution in [0.4, 0.5) is 5.69 Å². The normalized spacial score (nSPS) is 11.4. The molecule has 0 aliphatic carbocycles. The highest BCUT2D eigenvalue weighted by Crippen LogP contribution is 2.30. The van der Waals surface area contributed by atoms with Crippen LogP contribution in [0.15, 0.2) is 59.4 Å². The lowest BCUT2D eigenvalue weighted by Crippen LogP contribution is -2.27. The van der Waals surface area contributed by atoms with Crippen LogP contribution in [0.5, 0.6) is 0 Å². The second-order valence-corrected chi connectivity index (χ2v) is 8.13. The van der Waals surface area contributed by atoms with Crippen molar-refractivity contribution in [1.82, 2.24) is 14.0 Å². The number of nitro groups is 1. The lowest BCUT2D eigenvalue weighted by Gasteiger charge is -2.17. The van der Waals surface area contributed by atoms with Crippen molar-refractivity contribution in [3.05, 3.63) is 80.6 Å². The minimum atomic E-state index is -0.486. The number of para-hydroxylation sites is 1. The second kappa shape index (κ2) is 10.5. The van der Waals surface area contributed by atoms with Gasteiger partial charge in [-0.15, -0.1) is 0 Å². The van der Waals surface area contributed by atoms with Crippen LogP contribution in [0.25, 0.3) is 27.6 Å². The van der Waals surface area contributed by atoms with Crippen LogP contribution in [0.2, 0.25) is 0 Å². The molecule has 35 heavy (non-hydrogen) atoms. The number of hydrogen-bond acceptors (Lipinski definition) is 6. The first-order valence-corrected chi connectivity index (χ1v) is 11.6. The van der Waals surface area contributed by atoms with Gasteiger partial charge in [0.05, 0.1) is 34.7 Å². The first-order valence-electron chi connectivity index (χ1n) is 11.6. The third-order valence-electron chi connectivity index (χ3n) is 6.27. The van der Waals surface area contributed by atoms with Crippen LogP contribution < -0.4 is 5.56 Å². The summed E-state index contributed by atoms with van der Waals surface area (Å²) in [5.41, 5.74) is 2.23. The highest BCUT2D eigenvalue weighted by Gasteiger charge is 2.19. The molecule has 0 atom stereocenters. The highest BCUT2D eigenvalue weighted by atomic mass is 16.6. The summed E-state index contributed by atoms with van der Waals surface area (Å²) in [6.45, 7) is 8.71. The van der Waals surface area contributed by atoms with Gasteiger partial charge in [-0.3, -0.25) is 19.5 Å². The van der Waals surface area contributed by atoms with Crippen LogP contribution >= 0.6 is 0 Å². The minimum Gasteiger partial charge on any atom is -0.378 e. The van der Waals surface area contributed by atoms with Crippen molar-refractivity contribution >= 4 is 27.6 Å². The molecule has 0 radical (unpaired) electrons. The van der Waals surface area contributed by atoms with E-state index in [9.17, 15) is 20.2 Å². The summed E-state index contributed by atoms with van der Waals surface area (Å²) in [5, 5.41) is 21.6. The smallest absolute Gasteiger partial charge is 0.273 e. The van der Waals surface area contributed by atoms with E-state index in [1.807, 2.05) is 30.3 Å². The van der Waals surface area contributed by atoms with Gasteiger partial charge in [0.25, 0.3) is 11.2 Å². The molecular weight excluding hydrogens is 446 g/mol. The number of likely N-dealkylation sites (N-methyl/N-ethyl adjacent to an activating group) is 1. The maximum atomic E-state index is 13.3. The quantitative estimate of drug-likeness (QED) is 0.195. The summed E-state index contributed by atoms with van der Waals surface area (Å²) >= 11 is 0. The first kappa shape index (κ1) is 24.1. The Morgan fingerprint density at radius 1 is 1.06 bits per heavy atom. The highest BCUT2D eigenvalue weighted by molar-refractivity contribution is 6.07. The number of nitrogens with zero attached hydrogens (tertiary/aromatic N) is 5.